The van der Waals surface area contributed by atoms with Crippen LogP contribution in [-0.2, 0) is 15.9 Å². The zero-order valence-electron chi connectivity index (χ0n) is 22.6. The molecule has 0 heterocycles. The summed E-state index contributed by atoms with van der Waals surface area (Å²) in [6.45, 7) is 0.358. The van der Waals surface area contributed by atoms with E-state index >= 15 is 0 Å². The molecular weight excluding hydrogens is 638 g/mol. The maximum absolute atomic E-state index is 12.1. The molecule has 2 amide bonds. The minimum Gasteiger partial charge on any atom is -0.488 e. The van der Waals surface area contributed by atoms with Crippen molar-refractivity contribution in [2.45, 2.75) is 6.42 Å². The van der Waals surface area contributed by atoms with Crippen molar-refractivity contribution in [3.8, 4) is 11.5 Å². The fraction of sp³-hybridized carbons (Fsp3) is 0.161. The van der Waals surface area contributed by atoms with Gasteiger partial charge in [-0.3, -0.25) is 10.6 Å². The molecule has 224 valence electrons. The Balaban J connectivity index is 1.13. The molecule has 0 aliphatic carbocycles. The normalized spacial score (nSPS) is 10.5. The number of hydrogen-bond acceptors (Lipinski definition) is 6. The average molecular weight is 664 g/mol. The number of nitrogens with one attached hydrogen (secondary N) is 2. The molecule has 2 N–H and O–H groups in total. The van der Waals surface area contributed by atoms with E-state index in [9.17, 15) is 9.59 Å². The quantitative estimate of drug-likeness (QED) is 0.147. The van der Waals surface area contributed by atoms with Crippen molar-refractivity contribution in [2.24, 2.45) is 0 Å². The minimum atomic E-state index is -0.598. The van der Waals surface area contributed by atoms with Gasteiger partial charge in [0.1, 0.15) is 37.9 Å². The van der Waals surface area contributed by atoms with Crippen molar-refractivity contribution in [1.82, 2.24) is 0 Å². The molecule has 0 spiro atoms. The van der Waals surface area contributed by atoms with Crippen molar-refractivity contribution in [1.29, 1.82) is 0 Å². The number of anilines is 2. The molecule has 0 radical (unpaired) electrons. The van der Waals surface area contributed by atoms with Gasteiger partial charge in [-0.2, -0.15) is 0 Å². The summed E-state index contributed by atoms with van der Waals surface area (Å²) < 4.78 is 21.3. The van der Waals surface area contributed by atoms with Crippen molar-refractivity contribution in [3.05, 3.63) is 116 Å². The highest BCUT2D eigenvalue weighted by Gasteiger charge is 2.08. The van der Waals surface area contributed by atoms with Gasteiger partial charge in [-0.05, 0) is 78.2 Å². The number of ether oxygens (including phenoxy) is 4. The molecule has 0 saturated heterocycles. The van der Waals surface area contributed by atoms with Gasteiger partial charge >= 0.3 is 12.2 Å². The molecular formula is C31H26Cl4N2O6. The zero-order chi connectivity index (χ0) is 30.6. The van der Waals surface area contributed by atoms with E-state index in [2.05, 4.69) is 10.6 Å². The second-order valence-electron chi connectivity index (χ2n) is 8.94. The van der Waals surface area contributed by atoms with Crippen molar-refractivity contribution >= 4 is 70.0 Å². The third-order valence-electron chi connectivity index (χ3n) is 5.74. The lowest BCUT2D eigenvalue weighted by atomic mass is 10.0. The monoisotopic (exact) mass is 662 g/mol. The Kier molecular flexibility index (Phi) is 12.1. The Morgan fingerprint density at radius 1 is 0.535 bits per heavy atom. The number of amides is 2. The van der Waals surface area contributed by atoms with Crippen LogP contribution >= 0.6 is 46.4 Å². The van der Waals surface area contributed by atoms with Gasteiger partial charge in [-0.15, -0.1) is 0 Å². The molecule has 0 aromatic heterocycles. The van der Waals surface area contributed by atoms with E-state index in [-0.39, 0.29) is 26.4 Å². The lowest BCUT2D eigenvalue weighted by Gasteiger charge is -2.11. The minimum absolute atomic E-state index is 0.0412. The molecule has 12 heteroatoms. The van der Waals surface area contributed by atoms with Gasteiger partial charge in [0.2, 0.25) is 0 Å². The molecule has 0 unspecified atom stereocenters. The molecule has 0 aliphatic heterocycles. The van der Waals surface area contributed by atoms with Gasteiger partial charge in [0.25, 0.3) is 0 Å². The summed E-state index contributed by atoms with van der Waals surface area (Å²) in [5, 5.41) is 7.12. The Labute approximate surface area is 268 Å². The summed E-state index contributed by atoms with van der Waals surface area (Å²) in [6.07, 6.45) is -0.540. The third kappa shape index (κ3) is 10.8. The Hall–Kier alpha value is -3.82. The largest absolute Gasteiger partial charge is 0.488 e. The van der Waals surface area contributed by atoms with Crippen molar-refractivity contribution in [2.75, 3.05) is 37.1 Å². The standard InChI is InChI=1S/C31H26Cl4N2O6/c32-22-5-11-28(26(34)18-22)40-13-15-42-30(38)36-24-7-1-20(2-8-24)17-21-3-9-25(10-4-21)37-31(39)43-16-14-41-29-12-6-23(33)19-27(29)35/h1-12,18-19H,13-17H2,(H,36,38)(H,37,39). The maximum atomic E-state index is 12.1. The van der Waals surface area contributed by atoms with Crippen LogP contribution in [-0.4, -0.2) is 38.6 Å². The maximum Gasteiger partial charge on any atom is 0.411 e. The van der Waals surface area contributed by atoms with Gasteiger partial charge in [0.15, 0.2) is 0 Å². The number of carbonyl (C=O) groups is 2. The number of halogens is 4. The first kappa shape index (κ1) is 32.1. The van der Waals surface area contributed by atoms with E-state index in [1.807, 2.05) is 24.3 Å². The number of rotatable bonds is 12. The van der Waals surface area contributed by atoms with Crippen molar-refractivity contribution < 1.29 is 28.5 Å². The Morgan fingerprint density at radius 3 is 1.30 bits per heavy atom. The summed E-state index contributed by atoms with van der Waals surface area (Å²) in [7, 11) is 0. The molecule has 4 aromatic rings. The van der Waals surface area contributed by atoms with Crippen LogP contribution in [0.3, 0.4) is 0 Å². The number of carbonyl (C=O) groups excluding carboxylic acids is 2. The van der Waals surface area contributed by atoms with E-state index in [0.29, 0.717) is 49.4 Å². The second kappa shape index (κ2) is 16.1. The van der Waals surface area contributed by atoms with E-state index < -0.39 is 12.2 Å². The molecule has 0 aliphatic rings. The van der Waals surface area contributed by atoms with Crippen LogP contribution in [0.25, 0.3) is 0 Å². The summed E-state index contributed by atoms with van der Waals surface area (Å²) in [5.74, 6) is 0.913. The van der Waals surface area contributed by atoms with Crippen LogP contribution in [0.2, 0.25) is 20.1 Å². The van der Waals surface area contributed by atoms with Crippen LogP contribution in [0, 0.1) is 0 Å². The van der Waals surface area contributed by atoms with Gasteiger partial charge in [0, 0.05) is 21.4 Å². The topological polar surface area (TPSA) is 95.1 Å². The van der Waals surface area contributed by atoms with Crippen molar-refractivity contribution in [3.63, 3.8) is 0 Å². The van der Waals surface area contributed by atoms with Gasteiger partial charge < -0.3 is 18.9 Å². The highest BCUT2D eigenvalue weighted by molar-refractivity contribution is 6.36. The van der Waals surface area contributed by atoms with Crippen LogP contribution in [0.15, 0.2) is 84.9 Å². The highest BCUT2D eigenvalue weighted by atomic mass is 35.5. The Bertz CT molecular complexity index is 1420. The summed E-state index contributed by atoms with van der Waals surface area (Å²) >= 11 is 23.8. The lowest BCUT2D eigenvalue weighted by molar-refractivity contribution is 0.137. The van der Waals surface area contributed by atoms with E-state index in [1.165, 1.54) is 0 Å². The first-order valence-electron chi connectivity index (χ1n) is 13.0. The SMILES string of the molecule is O=C(Nc1ccc(Cc2ccc(NC(=O)OCCOc3ccc(Cl)cc3Cl)cc2)cc1)OCCOc1ccc(Cl)cc1Cl. The molecule has 8 nitrogen and oxygen atoms in total. The van der Waals surface area contributed by atoms with Crippen LogP contribution < -0.4 is 20.1 Å². The molecule has 4 rings (SSSR count). The van der Waals surface area contributed by atoms with Gasteiger partial charge in [0.05, 0.1) is 10.0 Å². The molecule has 0 fully saturated rings. The third-order valence-corrected chi connectivity index (χ3v) is 6.81. The summed E-state index contributed by atoms with van der Waals surface area (Å²) in [5.41, 5.74) is 3.26. The Morgan fingerprint density at radius 2 is 0.930 bits per heavy atom. The van der Waals surface area contributed by atoms with Gasteiger partial charge in [-0.25, -0.2) is 9.59 Å². The van der Waals surface area contributed by atoms with Gasteiger partial charge in [-0.1, -0.05) is 70.7 Å². The highest BCUT2D eigenvalue weighted by Crippen LogP contribution is 2.28. The number of benzene rings is 4. The van der Waals surface area contributed by atoms with E-state index in [1.54, 1.807) is 60.7 Å². The predicted molar refractivity (Wildman–Crippen MR) is 170 cm³/mol. The second-order valence-corrected chi connectivity index (χ2v) is 10.6. The molecule has 43 heavy (non-hydrogen) atoms. The predicted octanol–water partition coefficient (Wildman–Crippen LogP) is 9.15. The first-order chi connectivity index (χ1) is 20.7. The summed E-state index contributed by atoms with van der Waals surface area (Å²) in [6, 6.07) is 24.5. The van der Waals surface area contributed by atoms with Crippen LogP contribution in [0.4, 0.5) is 21.0 Å². The first-order valence-corrected chi connectivity index (χ1v) is 14.5. The number of hydrogen-bond donors (Lipinski definition) is 2. The fourth-order valence-electron chi connectivity index (χ4n) is 3.71. The average Bonchev–Trinajstić information content (AvgIpc) is 2.97. The molecule has 0 bridgehead atoms. The molecule has 0 saturated carbocycles. The van der Waals surface area contributed by atoms with E-state index in [4.69, 9.17) is 65.4 Å². The van der Waals surface area contributed by atoms with E-state index in [0.717, 1.165) is 11.1 Å². The van der Waals surface area contributed by atoms with Crippen LogP contribution in [0.5, 0.6) is 11.5 Å². The fourth-order valence-corrected chi connectivity index (χ4v) is 4.64. The molecule has 4 aromatic carbocycles. The smallest absolute Gasteiger partial charge is 0.411 e. The molecule has 0 atom stereocenters. The summed E-state index contributed by atoms with van der Waals surface area (Å²) in [4.78, 5) is 24.2. The zero-order valence-corrected chi connectivity index (χ0v) is 25.6. The van der Waals surface area contributed by atoms with Crippen LogP contribution in [0.1, 0.15) is 11.1 Å². The lowest BCUT2D eigenvalue weighted by Crippen LogP contribution is -2.17.